The number of rotatable bonds is 8. The first-order valence-electron chi connectivity index (χ1n) is 11.5. The van der Waals surface area contributed by atoms with Crippen LogP contribution in [0.15, 0.2) is 59.8 Å². The first-order chi connectivity index (χ1) is 16.7. The van der Waals surface area contributed by atoms with E-state index in [1.165, 1.54) is 23.0 Å². The lowest BCUT2D eigenvalue weighted by Crippen LogP contribution is -2.35. The topological polar surface area (TPSA) is 122 Å². The Kier molecular flexibility index (Phi) is 7.20. The molecule has 35 heavy (non-hydrogen) atoms. The Bertz CT molecular complexity index is 1330. The van der Waals surface area contributed by atoms with Crippen molar-refractivity contribution in [3.05, 3.63) is 71.5 Å². The lowest BCUT2D eigenvalue weighted by molar-refractivity contribution is -0.122. The van der Waals surface area contributed by atoms with Crippen molar-refractivity contribution in [2.45, 2.75) is 57.0 Å². The van der Waals surface area contributed by atoms with Gasteiger partial charge in [0.25, 0.3) is 15.9 Å². The van der Waals surface area contributed by atoms with Gasteiger partial charge in [-0.25, -0.2) is 8.42 Å². The largest absolute Gasteiger partial charge is 0.352 e. The zero-order chi connectivity index (χ0) is 25.0. The quantitative estimate of drug-likeness (QED) is 0.441. The Morgan fingerprint density at radius 3 is 2.46 bits per heavy atom. The highest BCUT2D eigenvalue weighted by molar-refractivity contribution is 7.92. The molecule has 0 unspecified atom stereocenters. The van der Waals surface area contributed by atoms with E-state index in [4.69, 9.17) is 0 Å². The lowest BCUT2D eigenvalue weighted by Gasteiger charge is -2.12. The molecule has 9 nitrogen and oxygen atoms in total. The van der Waals surface area contributed by atoms with Crippen LogP contribution < -0.4 is 15.4 Å². The molecule has 10 heteroatoms. The zero-order valence-corrected chi connectivity index (χ0v) is 20.6. The molecular weight excluding hydrogens is 466 g/mol. The zero-order valence-electron chi connectivity index (χ0n) is 19.7. The van der Waals surface area contributed by atoms with Gasteiger partial charge in [-0.15, -0.1) is 0 Å². The van der Waals surface area contributed by atoms with Gasteiger partial charge in [0.1, 0.15) is 6.54 Å². The van der Waals surface area contributed by atoms with Crippen molar-refractivity contribution >= 4 is 33.2 Å². The molecule has 0 saturated heterocycles. The standard InChI is InChI=1S/C25H29N5O4S/c1-17-7-10-20(11-8-17)29-35(33,34)22-12-9-18(2)23(13-22)25(32)28-21-14-26-30(15-21)16-24(31)27-19-5-3-4-6-19/h7-15,19,29H,3-6,16H2,1-2H3,(H,27,31)(H,28,32). The van der Waals surface area contributed by atoms with Gasteiger partial charge in [0, 0.05) is 23.5 Å². The van der Waals surface area contributed by atoms with Crippen LogP contribution in [0.5, 0.6) is 0 Å². The summed E-state index contributed by atoms with van der Waals surface area (Å²) in [4.78, 5) is 25.1. The van der Waals surface area contributed by atoms with Gasteiger partial charge in [-0.05, 0) is 56.5 Å². The number of aromatic nitrogens is 2. The number of aryl methyl sites for hydroxylation is 2. The van der Waals surface area contributed by atoms with E-state index in [-0.39, 0.29) is 29.0 Å². The smallest absolute Gasteiger partial charge is 0.261 e. The lowest BCUT2D eigenvalue weighted by atomic mass is 10.1. The molecule has 0 radical (unpaired) electrons. The molecule has 0 spiro atoms. The van der Waals surface area contributed by atoms with Gasteiger partial charge < -0.3 is 10.6 Å². The second-order valence-corrected chi connectivity index (χ2v) is 10.6. The number of carbonyl (C=O) groups excluding carboxylic acids is 2. The molecule has 0 bridgehead atoms. The molecule has 1 aliphatic rings. The second-order valence-electron chi connectivity index (χ2n) is 8.88. The second kappa shape index (κ2) is 10.3. The maximum absolute atomic E-state index is 12.9. The van der Waals surface area contributed by atoms with E-state index < -0.39 is 15.9 Å². The van der Waals surface area contributed by atoms with E-state index in [2.05, 4.69) is 20.5 Å². The molecule has 1 fully saturated rings. The van der Waals surface area contributed by atoms with Crippen LogP contribution in [-0.2, 0) is 21.4 Å². The van der Waals surface area contributed by atoms with Gasteiger partial charge in [-0.2, -0.15) is 5.10 Å². The Hall–Kier alpha value is -3.66. The van der Waals surface area contributed by atoms with E-state index in [1.54, 1.807) is 31.3 Å². The molecule has 1 aliphatic carbocycles. The Balaban J connectivity index is 1.42. The van der Waals surface area contributed by atoms with Crippen LogP contribution in [0, 0.1) is 13.8 Å². The van der Waals surface area contributed by atoms with Crippen molar-refractivity contribution in [3.8, 4) is 0 Å². The SMILES string of the molecule is Cc1ccc(NS(=O)(=O)c2ccc(C)c(C(=O)Nc3cnn(CC(=O)NC4CCCC4)c3)c2)cc1. The molecule has 1 saturated carbocycles. The van der Waals surface area contributed by atoms with Crippen LogP contribution in [0.25, 0.3) is 0 Å². The third kappa shape index (κ3) is 6.27. The summed E-state index contributed by atoms with van der Waals surface area (Å²) >= 11 is 0. The maximum Gasteiger partial charge on any atom is 0.261 e. The summed E-state index contributed by atoms with van der Waals surface area (Å²) < 4.78 is 29.7. The number of amides is 2. The first-order valence-corrected chi connectivity index (χ1v) is 13.0. The molecule has 1 heterocycles. The van der Waals surface area contributed by atoms with E-state index >= 15 is 0 Å². The van der Waals surface area contributed by atoms with Crippen LogP contribution in [-0.4, -0.2) is 36.1 Å². The first kappa shape index (κ1) is 24.5. The molecule has 4 rings (SSSR count). The van der Waals surface area contributed by atoms with Crippen molar-refractivity contribution in [1.82, 2.24) is 15.1 Å². The molecule has 1 aromatic heterocycles. The molecule has 2 aromatic carbocycles. The fraction of sp³-hybridized carbons (Fsp3) is 0.320. The van der Waals surface area contributed by atoms with Crippen molar-refractivity contribution in [2.24, 2.45) is 0 Å². The van der Waals surface area contributed by atoms with Crippen molar-refractivity contribution in [2.75, 3.05) is 10.0 Å². The number of hydrogen-bond donors (Lipinski definition) is 3. The molecule has 184 valence electrons. The number of sulfonamides is 1. The fourth-order valence-electron chi connectivity index (χ4n) is 4.05. The number of nitrogens with one attached hydrogen (secondary N) is 3. The third-order valence-electron chi connectivity index (χ3n) is 5.98. The van der Waals surface area contributed by atoms with Gasteiger partial charge in [0.05, 0.1) is 16.8 Å². The summed E-state index contributed by atoms with van der Waals surface area (Å²) in [7, 11) is -3.88. The van der Waals surface area contributed by atoms with Crippen LogP contribution >= 0.6 is 0 Å². The van der Waals surface area contributed by atoms with Crippen molar-refractivity contribution in [1.29, 1.82) is 0 Å². The van der Waals surface area contributed by atoms with E-state index in [0.29, 0.717) is 16.9 Å². The predicted octanol–water partition coefficient (Wildman–Crippen LogP) is 3.61. The predicted molar refractivity (Wildman–Crippen MR) is 134 cm³/mol. The number of hydrogen-bond acceptors (Lipinski definition) is 5. The van der Waals surface area contributed by atoms with E-state index in [1.807, 2.05) is 19.1 Å². The van der Waals surface area contributed by atoms with Gasteiger partial charge in [-0.1, -0.05) is 36.6 Å². The summed E-state index contributed by atoms with van der Waals surface area (Å²) in [5, 5.41) is 9.88. The van der Waals surface area contributed by atoms with Gasteiger partial charge in [0.15, 0.2) is 0 Å². The number of nitrogens with zero attached hydrogens (tertiary/aromatic N) is 2. The van der Waals surface area contributed by atoms with Crippen molar-refractivity contribution < 1.29 is 18.0 Å². The molecule has 3 aromatic rings. The summed E-state index contributed by atoms with van der Waals surface area (Å²) in [6, 6.07) is 11.6. The fourth-order valence-corrected chi connectivity index (χ4v) is 5.14. The van der Waals surface area contributed by atoms with E-state index in [9.17, 15) is 18.0 Å². The van der Waals surface area contributed by atoms with Gasteiger partial charge in [0.2, 0.25) is 5.91 Å². The highest BCUT2D eigenvalue weighted by Gasteiger charge is 2.20. The third-order valence-corrected chi connectivity index (χ3v) is 7.36. The highest BCUT2D eigenvalue weighted by atomic mass is 32.2. The van der Waals surface area contributed by atoms with Gasteiger partial charge >= 0.3 is 0 Å². The Labute approximate surface area is 205 Å². The van der Waals surface area contributed by atoms with Crippen LogP contribution in [0.4, 0.5) is 11.4 Å². The molecular formula is C25H29N5O4S. The van der Waals surface area contributed by atoms with Gasteiger partial charge in [-0.3, -0.25) is 19.0 Å². The highest BCUT2D eigenvalue weighted by Crippen LogP contribution is 2.21. The van der Waals surface area contributed by atoms with Crippen molar-refractivity contribution in [3.63, 3.8) is 0 Å². The van der Waals surface area contributed by atoms with Crippen LogP contribution in [0.1, 0.15) is 47.2 Å². The monoisotopic (exact) mass is 495 g/mol. The van der Waals surface area contributed by atoms with Crippen LogP contribution in [0.2, 0.25) is 0 Å². The molecule has 3 N–H and O–H groups in total. The molecule has 0 aliphatic heterocycles. The minimum absolute atomic E-state index is 0.0203. The van der Waals surface area contributed by atoms with E-state index in [0.717, 1.165) is 31.2 Å². The summed E-state index contributed by atoms with van der Waals surface area (Å²) in [6.45, 7) is 3.71. The average molecular weight is 496 g/mol. The summed E-state index contributed by atoms with van der Waals surface area (Å²) in [6.07, 6.45) is 7.29. The van der Waals surface area contributed by atoms with Crippen LogP contribution in [0.3, 0.4) is 0 Å². The minimum atomic E-state index is -3.88. The normalized spacial score (nSPS) is 14.0. The minimum Gasteiger partial charge on any atom is -0.352 e. The summed E-state index contributed by atoms with van der Waals surface area (Å²) in [5.74, 6) is -0.586. The summed E-state index contributed by atoms with van der Waals surface area (Å²) in [5.41, 5.74) is 2.71. The molecule has 2 amide bonds. The average Bonchev–Trinajstić information content (AvgIpc) is 3.47. The number of benzene rings is 2. The number of anilines is 2. The Morgan fingerprint density at radius 1 is 1.03 bits per heavy atom. The number of carbonyl (C=O) groups is 2. The molecule has 0 atom stereocenters. The Morgan fingerprint density at radius 2 is 1.74 bits per heavy atom. The maximum atomic E-state index is 12.9.